The Labute approximate surface area is 117 Å². The van der Waals surface area contributed by atoms with Crippen LogP contribution in [0.5, 0.6) is 0 Å². The maximum absolute atomic E-state index is 10.7. The number of carbonyl (C=O) groups is 1. The SMILES string of the molecule is COC(CNc1nc2c(cc1C#N)CCC2)CC(=O)O. The van der Waals surface area contributed by atoms with E-state index < -0.39 is 12.1 Å². The second-order valence-corrected chi connectivity index (χ2v) is 4.79. The number of aromatic nitrogens is 1. The highest BCUT2D eigenvalue weighted by atomic mass is 16.5. The summed E-state index contributed by atoms with van der Waals surface area (Å²) in [5.74, 6) is -0.401. The standard InChI is InChI=1S/C14H17N3O3/c1-20-11(6-13(18)19)8-16-14-10(7-15)5-9-3-2-4-12(9)17-14/h5,11H,2-4,6,8H2,1H3,(H,16,17)(H,18,19). The molecule has 1 atom stereocenters. The van der Waals surface area contributed by atoms with Crippen LogP contribution >= 0.6 is 0 Å². The Kier molecular flexibility index (Phi) is 4.53. The Bertz CT molecular complexity index is 551. The third kappa shape index (κ3) is 3.25. The number of rotatable bonds is 6. The fourth-order valence-electron chi connectivity index (χ4n) is 2.34. The molecule has 0 aliphatic heterocycles. The minimum Gasteiger partial charge on any atom is -0.481 e. The van der Waals surface area contributed by atoms with Gasteiger partial charge in [0.05, 0.1) is 18.1 Å². The van der Waals surface area contributed by atoms with Crippen molar-refractivity contribution in [1.82, 2.24) is 4.98 Å². The second-order valence-electron chi connectivity index (χ2n) is 4.79. The average Bonchev–Trinajstić information content (AvgIpc) is 2.88. The van der Waals surface area contributed by atoms with Crippen LogP contribution in [-0.2, 0) is 22.4 Å². The number of hydrogen-bond acceptors (Lipinski definition) is 5. The van der Waals surface area contributed by atoms with Gasteiger partial charge >= 0.3 is 5.97 Å². The van der Waals surface area contributed by atoms with Crippen LogP contribution in [0, 0.1) is 11.3 Å². The molecule has 1 unspecified atom stereocenters. The summed E-state index contributed by atoms with van der Waals surface area (Å²) in [7, 11) is 1.47. The number of ether oxygens (including phenoxy) is 1. The maximum Gasteiger partial charge on any atom is 0.306 e. The normalized spacial score (nSPS) is 14.4. The van der Waals surface area contributed by atoms with Crippen molar-refractivity contribution in [2.24, 2.45) is 0 Å². The zero-order valence-corrected chi connectivity index (χ0v) is 11.3. The highest BCUT2D eigenvalue weighted by molar-refractivity contribution is 5.67. The Morgan fingerprint density at radius 3 is 3.10 bits per heavy atom. The van der Waals surface area contributed by atoms with E-state index in [1.807, 2.05) is 6.07 Å². The van der Waals surface area contributed by atoms with Crippen LogP contribution in [0.15, 0.2) is 6.07 Å². The molecule has 1 aliphatic rings. The predicted octanol–water partition coefficient (Wildman–Crippen LogP) is 1.34. The lowest BCUT2D eigenvalue weighted by Crippen LogP contribution is -2.25. The molecule has 1 aromatic rings. The molecule has 0 fully saturated rings. The van der Waals surface area contributed by atoms with E-state index in [1.165, 1.54) is 7.11 Å². The van der Waals surface area contributed by atoms with Crippen molar-refractivity contribution < 1.29 is 14.6 Å². The van der Waals surface area contributed by atoms with Gasteiger partial charge in [-0.15, -0.1) is 0 Å². The van der Waals surface area contributed by atoms with Crippen LogP contribution in [0.4, 0.5) is 5.82 Å². The lowest BCUT2D eigenvalue weighted by atomic mass is 10.1. The van der Waals surface area contributed by atoms with Gasteiger partial charge in [0.15, 0.2) is 0 Å². The number of nitrogens with zero attached hydrogens (tertiary/aromatic N) is 2. The molecule has 0 saturated heterocycles. The van der Waals surface area contributed by atoms with Crippen molar-refractivity contribution in [2.75, 3.05) is 19.0 Å². The van der Waals surface area contributed by atoms with Gasteiger partial charge in [0.1, 0.15) is 11.9 Å². The van der Waals surface area contributed by atoms with Crippen molar-refractivity contribution in [3.05, 3.63) is 22.9 Å². The molecule has 0 spiro atoms. The fraction of sp³-hybridized carbons (Fsp3) is 0.500. The zero-order valence-electron chi connectivity index (χ0n) is 11.3. The number of carboxylic acids is 1. The van der Waals surface area contributed by atoms with Gasteiger partial charge in [-0.2, -0.15) is 5.26 Å². The van der Waals surface area contributed by atoms with Gasteiger partial charge in [0.25, 0.3) is 0 Å². The lowest BCUT2D eigenvalue weighted by molar-refractivity contribution is -0.139. The smallest absolute Gasteiger partial charge is 0.306 e. The third-order valence-corrected chi connectivity index (χ3v) is 3.40. The summed E-state index contributed by atoms with van der Waals surface area (Å²) in [6.07, 6.45) is 2.43. The molecule has 0 saturated carbocycles. The van der Waals surface area contributed by atoms with Crippen LogP contribution in [0.1, 0.15) is 29.7 Å². The van der Waals surface area contributed by atoms with Gasteiger partial charge < -0.3 is 15.2 Å². The van der Waals surface area contributed by atoms with Crippen molar-refractivity contribution in [2.45, 2.75) is 31.8 Å². The summed E-state index contributed by atoms with van der Waals surface area (Å²) in [6, 6.07) is 4.00. The average molecular weight is 275 g/mol. The second kappa shape index (κ2) is 6.35. The van der Waals surface area contributed by atoms with Crippen molar-refractivity contribution >= 4 is 11.8 Å². The van der Waals surface area contributed by atoms with Gasteiger partial charge in [0, 0.05) is 19.3 Å². The van der Waals surface area contributed by atoms with E-state index >= 15 is 0 Å². The Morgan fingerprint density at radius 1 is 1.65 bits per heavy atom. The fourth-order valence-corrected chi connectivity index (χ4v) is 2.34. The van der Waals surface area contributed by atoms with Gasteiger partial charge in [0.2, 0.25) is 0 Å². The molecule has 1 aromatic heterocycles. The first-order valence-electron chi connectivity index (χ1n) is 6.55. The number of nitrogens with one attached hydrogen (secondary N) is 1. The highest BCUT2D eigenvalue weighted by Crippen LogP contribution is 2.24. The molecule has 106 valence electrons. The minimum absolute atomic E-state index is 0.0870. The largest absolute Gasteiger partial charge is 0.481 e. The molecule has 2 N–H and O–H groups in total. The highest BCUT2D eigenvalue weighted by Gasteiger charge is 2.18. The van der Waals surface area contributed by atoms with E-state index in [0.717, 1.165) is 30.5 Å². The molecular formula is C14H17N3O3. The first-order valence-corrected chi connectivity index (χ1v) is 6.55. The van der Waals surface area contributed by atoms with Crippen LogP contribution in [0.2, 0.25) is 0 Å². The van der Waals surface area contributed by atoms with Gasteiger partial charge in [-0.25, -0.2) is 4.98 Å². The van der Waals surface area contributed by atoms with E-state index in [-0.39, 0.29) is 6.42 Å². The summed E-state index contributed by atoms with van der Waals surface area (Å²) in [4.78, 5) is 15.2. The van der Waals surface area contributed by atoms with E-state index in [4.69, 9.17) is 15.1 Å². The van der Waals surface area contributed by atoms with Crippen LogP contribution in [0.25, 0.3) is 0 Å². The first kappa shape index (κ1) is 14.3. The molecule has 1 aliphatic carbocycles. The van der Waals surface area contributed by atoms with Crippen molar-refractivity contribution in [3.63, 3.8) is 0 Å². The van der Waals surface area contributed by atoms with Crippen molar-refractivity contribution in [3.8, 4) is 6.07 Å². The molecule has 0 radical (unpaired) electrons. The molecule has 0 aromatic carbocycles. The molecule has 20 heavy (non-hydrogen) atoms. The summed E-state index contributed by atoms with van der Waals surface area (Å²) in [5, 5.41) is 21.0. The van der Waals surface area contributed by atoms with Gasteiger partial charge in [-0.1, -0.05) is 0 Å². The first-order chi connectivity index (χ1) is 9.63. The summed E-state index contributed by atoms with van der Waals surface area (Å²) >= 11 is 0. The predicted molar refractivity (Wildman–Crippen MR) is 72.5 cm³/mol. The molecule has 1 heterocycles. The minimum atomic E-state index is -0.916. The Morgan fingerprint density at radius 2 is 2.45 bits per heavy atom. The van der Waals surface area contributed by atoms with E-state index in [9.17, 15) is 4.79 Å². The maximum atomic E-state index is 10.7. The van der Waals surface area contributed by atoms with Gasteiger partial charge in [-0.05, 0) is 30.9 Å². The number of hydrogen-bond donors (Lipinski definition) is 2. The topological polar surface area (TPSA) is 95.2 Å². The number of methoxy groups -OCH3 is 1. The quantitative estimate of drug-likeness (QED) is 0.813. The summed E-state index contributed by atoms with van der Waals surface area (Å²) in [5.41, 5.74) is 2.66. The number of carboxylic acid groups (broad SMARTS) is 1. The van der Waals surface area contributed by atoms with E-state index in [1.54, 1.807) is 0 Å². The van der Waals surface area contributed by atoms with Crippen LogP contribution in [0.3, 0.4) is 0 Å². The summed E-state index contributed by atoms with van der Waals surface area (Å²) in [6.45, 7) is 0.309. The molecule has 6 nitrogen and oxygen atoms in total. The van der Waals surface area contributed by atoms with Crippen LogP contribution < -0.4 is 5.32 Å². The molecule has 0 amide bonds. The monoisotopic (exact) mass is 275 g/mol. The summed E-state index contributed by atoms with van der Waals surface area (Å²) < 4.78 is 5.09. The van der Waals surface area contributed by atoms with E-state index in [2.05, 4.69) is 16.4 Å². The number of anilines is 1. The van der Waals surface area contributed by atoms with Crippen LogP contribution in [-0.4, -0.2) is 35.8 Å². The molecule has 2 rings (SSSR count). The number of nitriles is 1. The molecular weight excluding hydrogens is 258 g/mol. The lowest BCUT2D eigenvalue weighted by Gasteiger charge is -2.15. The molecule has 6 heteroatoms. The number of aryl methyl sites for hydroxylation is 2. The molecule has 0 bridgehead atoms. The number of aliphatic carboxylic acids is 1. The number of fused-ring (bicyclic) bond motifs is 1. The third-order valence-electron chi connectivity index (χ3n) is 3.40. The van der Waals surface area contributed by atoms with E-state index in [0.29, 0.717) is 17.9 Å². The Hall–Kier alpha value is -2.13. The number of pyridine rings is 1. The van der Waals surface area contributed by atoms with Gasteiger partial charge in [-0.3, -0.25) is 4.79 Å². The zero-order chi connectivity index (χ0) is 14.5. The van der Waals surface area contributed by atoms with Crippen molar-refractivity contribution in [1.29, 1.82) is 5.26 Å². The Balaban J connectivity index is 2.09.